The topological polar surface area (TPSA) is 61.9 Å². The number of carbonyl (C=O) groups excluding carboxylic acids is 2. The van der Waals surface area contributed by atoms with Gasteiger partial charge in [0.25, 0.3) is 0 Å². The minimum Gasteiger partial charge on any atom is -0.450 e. The van der Waals surface area contributed by atoms with Gasteiger partial charge in [-0.15, -0.1) is 0 Å². The van der Waals surface area contributed by atoms with E-state index in [4.69, 9.17) is 4.74 Å². The highest BCUT2D eigenvalue weighted by atomic mass is 16.6. The van der Waals surface area contributed by atoms with Crippen molar-refractivity contribution in [3.8, 4) is 0 Å². The van der Waals surface area contributed by atoms with Gasteiger partial charge in [0.15, 0.2) is 0 Å². The van der Waals surface area contributed by atoms with Crippen molar-refractivity contribution >= 4 is 23.4 Å². The summed E-state index contributed by atoms with van der Waals surface area (Å²) in [6.45, 7) is 6.92. The normalized spacial score (nSPS) is 14.6. The first kappa shape index (κ1) is 16.1. The molecule has 0 bridgehead atoms. The van der Waals surface area contributed by atoms with Crippen LogP contribution in [0.4, 0.5) is 16.2 Å². The minimum atomic E-state index is -0.236. The first-order valence-electron chi connectivity index (χ1n) is 7.70. The van der Waals surface area contributed by atoms with Crippen molar-refractivity contribution in [2.75, 3.05) is 43.0 Å². The van der Waals surface area contributed by atoms with E-state index in [-0.39, 0.29) is 12.0 Å². The minimum absolute atomic E-state index is 0.0100. The summed E-state index contributed by atoms with van der Waals surface area (Å²) in [6, 6.07) is 7.79. The molecule has 1 aliphatic heterocycles. The maximum Gasteiger partial charge on any atom is 0.409 e. The average Bonchev–Trinajstić information content (AvgIpc) is 2.56. The Morgan fingerprint density at radius 3 is 2.27 bits per heavy atom. The Morgan fingerprint density at radius 2 is 1.73 bits per heavy atom. The first-order chi connectivity index (χ1) is 10.6. The molecule has 0 aromatic heterocycles. The molecule has 1 aliphatic rings. The molecule has 0 atom stereocenters. The third kappa shape index (κ3) is 4.13. The molecule has 22 heavy (non-hydrogen) atoms. The molecule has 1 aromatic carbocycles. The molecule has 2 rings (SSSR count). The van der Waals surface area contributed by atoms with Crippen molar-refractivity contribution < 1.29 is 14.3 Å². The van der Waals surface area contributed by atoms with Gasteiger partial charge in [-0.2, -0.15) is 0 Å². The Balaban J connectivity index is 1.88. The summed E-state index contributed by atoms with van der Waals surface area (Å²) in [4.78, 5) is 27.0. The fourth-order valence-electron chi connectivity index (χ4n) is 2.37. The number of hydrogen-bond donors (Lipinski definition) is 1. The molecule has 2 amide bonds. The predicted molar refractivity (Wildman–Crippen MR) is 86.2 cm³/mol. The number of ether oxygens (including phenoxy) is 1. The number of anilines is 2. The summed E-state index contributed by atoms with van der Waals surface area (Å²) < 4.78 is 5.01. The standard InChI is InChI=1S/C16H23N3O3/c1-3-15(20)17-13-5-7-14(8-6-13)18-9-11-19(12-10-18)16(21)22-4-2/h5-8H,3-4,9-12H2,1-2H3,(H,17,20). The van der Waals surface area contributed by atoms with Crippen molar-refractivity contribution in [3.63, 3.8) is 0 Å². The highest BCUT2D eigenvalue weighted by Crippen LogP contribution is 2.19. The van der Waals surface area contributed by atoms with E-state index in [1.807, 2.05) is 38.1 Å². The molecule has 1 N–H and O–H groups in total. The summed E-state index contributed by atoms with van der Waals surface area (Å²) in [5, 5.41) is 2.83. The molecule has 0 spiro atoms. The molecular formula is C16H23N3O3. The quantitative estimate of drug-likeness (QED) is 0.927. The Labute approximate surface area is 131 Å². The molecule has 1 fully saturated rings. The van der Waals surface area contributed by atoms with Gasteiger partial charge >= 0.3 is 6.09 Å². The largest absolute Gasteiger partial charge is 0.450 e. The van der Waals surface area contributed by atoms with Gasteiger partial charge in [-0.1, -0.05) is 6.92 Å². The third-order valence-electron chi connectivity index (χ3n) is 3.64. The molecule has 6 heteroatoms. The van der Waals surface area contributed by atoms with E-state index < -0.39 is 0 Å². The van der Waals surface area contributed by atoms with Crippen LogP contribution in [0.25, 0.3) is 0 Å². The third-order valence-corrected chi connectivity index (χ3v) is 3.64. The maximum absolute atomic E-state index is 11.7. The van der Waals surface area contributed by atoms with Gasteiger partial charge in [-0.3, -0.25) is 4.79 Å². The fourth-order valence-corrected chi connectivity index (χ4v) is 2.37. The van der Waals surface area contributed by atoms with Crippen molar-refractivity contribution in [2.24, 2.45) is 0 Å². The van der Waals surface area contributed by atoms with E-state index >= 15 is 0 Å². The zero-order valence-electron chi connectivity index (χ0n) is 13.2. The molecule has 120 valence electrons. The monoisotopic (exact) mass is 305 g/mol. The molecule has 1 heterocycles. The van der Waals surface area contributed by atoms with Crippen molar-refractivity contribution in [1.82, 2.24) is 4.90 Å². The summed E-state index contributed by atoms with van der Waals surface area (Å²) in [5.41, 5.74) is 1.90. The van der Waals surface area contributed by atoms with Crippen molar-refractivity contribution in [1.29, 1.82) is 0 Å². The molecule has 0 radical (unpaired) electrons. The maximum atomic E-state index is 11.7. The zero-order chi connectivity index (χ0) is 15.9. The second-order valence-corrected chi connectivity index (χ2v) is 5.12. The Hall–Kier alpha value is -2.24. The SMILES string of the molecule is CCOC(=O)N1CCN(c2ccc(NC(=O)CC)cc2)CC1. The fraction of sp³-hybridized carbons (Fsp3) is 0.500. The van der Waals surface area contributed by atoms with Crippen LogP contribution < -0.4 is 10.2 Å². The van der Waals surface area contributed by atoms with Crippen molar-refractivity contribution in [3.05, 3.63) is 24.3 Å². The predicted octanol–water partition coefficient (Wildman–Crippen LogP) is 2.31. The number of nitrogens with zero attached hydrogens (tertiary/aromatic N) is 2. The number of piperazine rings is 1. The first-order valence-corrected chi connectivity index (χ1v) is 7.70. The molecule has 1 saturated heterocycles. The van der Waals surface area contributed by atoms with Gasteiger partial charge < -0.3 is 19.9 Å². The summed E-state index contributed by atoms with van der Waals surface area (Å²) >= 11 is 0. The summed E-state index contributed by atoms with van der Waals surface area (Å²) in [5.74, 6) is 0.0100. The van der Waals surface area contributed by atoms with Crippen LogP contribution in [0.3, 0.4) is 0 Å². The van der Waals surface area contributed by atoms with E-state index in [2.05, 4.69) is 10.2 Å². The lowest BCUT2D eigenvalue weighted by molar-refractivity contribution is -0.115. The van der Waals surface area contributed by atoms with Gasteiger partial charge in [-0.05, 0) is 31.2 Å². The van der Waals surface area contributed by atoms with E-state index in [1.54, 1.807) is 4.90 Å². The Morgan fingerprint density at radius 1 is 1.09 bits per heavy atom. The van der Waals surface area contributed by atoms with Crippen molar-refractivity contribution in [2.45, 2.75) is 20.3 Å². The van der Waals surface area contributed by atoms with Crippen LogP contribution in [0.2, 0.25) is 0 Å². The molecule has 0 aliphatic carbocycles. The lowest BCUT2D eigenvalue weighted by Crippen LogP contribution is -2.49. The number of carbonyl (C=O) groups is 2. The molecule has 0 unspecified atom stereocenters. The van der Waals surface area contributed by atoms with Crippen LogP contribution in [-0.2, 0) is 9.53 Å². The van der Waals surface area contributed by atoms with Crippen LogP contribution in [0.5, 0.6) is 0 Å². The zero-order valence-corrected chi connectivity index (χ0v) is 13.2. The molecule has 6 nitrogen and oxygen atoms in total. The van der Waals surface area contributed by atoms with Crippen LogP contribution >= 0.6 is 0 Å². The van der Waals surface area contributed by atoms with E-state index in [0.29, 0.717) is 26.1 Å². The summed E-state index contributed by atoms with van der Waals surface area (Å²) in [6.07, 6.45) is 0.233. The molecule has 1 aromatic rings. The average molecular weight is 305 g/mol. The number of nitrogens with one attached hydrogen (secondary N) is 1. The van der Waals surface area contributed by atoms with Crippen LogP contribution in [-0.4, -0.2) is 49.7 Å². The number of hydrogen-bond acceptors (Lipinski definition) is 4. The number of benzene rings is 1. The smallest absolute Gasteiger partial charge is 0.409 e. The highest BCUT2D eigenvalue weighted by molar-refractivity contribution is 5.90. The highest BCUT2D eigenvalue weighted by Gasteiger charge is 2.21. The van der Waals surface area contributed by atoms with Gasteiger partial charge in [0.05, 0.1) is 6.61 Å². The molecule has 0 saturated carbocycles. The second-order valence-electron chi connectivity index (χ2n) is 5.12. The Bertz CT molecular complexity index is 508. The van der Waals surface area contributed by atoms with E-state index in [9.17, 15) is 9.59 Å². The Kier molecular flexibility index (Phi) is 5.63. The number of amides is 2. The number of rotatable bonds is 4. The molecular weight excluding hydrogens is 282 g/mol. The van der Waals surface area contributed by atoms with Crippen LogP contribution in [0, 0.1) is 0 Å². The van der Waals surface area contributed by atoms with Gasteiger partial charge in [0.1, 0.15) is 0 Å². The lowest BCUT2D eigenvalue weighted by atomic mass is 10.2. The van der Waals surface area contributed by atoms with Gasteiger partial charge in [0.2, 0.25) is 5.91 Å². The van der Waals surface area contributed by atoms with E-state index in [0.717, 1.165) is 24.5 Å². The summed E-state index contributed by atoms with van der Waals surface area (Å²) in [7, 11) is 0. The van der Waals surface area contributed by atoms with Gasteiger partial charge in [-0.25, -0.2) is 4.79 Å². The van der Waals surface area contributed by atoms with E-state index in [1.165, 1.54) is 0 Å². The second kappa shape index (κ2) is 7.68. The van der Waals surface area contributed by atoms with Crippen LogP contribution in [0.15, 0.2) is 24.3 Å². The van der Waals surface area contributed by atoms with Crippen LogP contribution in [0.1, 0.15) is 20.3 Å². The lowest BCUT2D eigenvalue weighted by Gasteiger charge is -2.35. The van der Waals surface area contributed by atoms with Gasteiger partial charge in [0, 0.05) is 44.0 Å².